The lowest BCUT2D eigenvalue weighted by atomic mass is 10.3. The molecule has 0 saturated heterocycles. The van der Waals surface area contributed by atoms with E-state index in [1.54, 1.807) is 0 Å². The van der Waals surface area contributed by atoms with Crippen LogP contribution in [0.4, 0.5) is 13.2 Å². The van der Waals surface area contributed by atoms with E-state index in [4.69, 9.17) is 11.6 Å². The van der Waals surface area contributed by atoms with Gasteiger partial charge in [-0.05, 0) is 18.5 Å². The van der Waals surface area contributed by atoms with Crippen LogP contribution in [-0.4, -0.2) is 17.6 Å². The minimum atomic E-state index is -4.81. The van der Waals surface area contributed by atoms with Crippen molar-refractivity contribution in [1.29, 1.82) is 0 Å². The van der Waals surface area contributed by atoms with Crippen molar-refractivity contribution in [2.45, 2.75) is 13.1 Å². The van der Waals surface area contributed by atoms with Gasteiger partial charge in [0.25, 0.3) is 5.35 Å². The summed E-state index contributed by atoms with van der Waals surface area (Å²) >= 11 is 5.13. The standard InChI is InChI=1S/C7H5ClF3NO3/c1-2-14-5(13)3-4(7(9,10)11)12-6(8)15-3/h2H2,1H3. The van der Waals surface area contributed by atoms with Crippen molar-refractivity contribution in [1.82, 2.24) is 4.98 Å². The average Bonchev–Trinajstić information content (AvgIpc) is 2.47. The van der Waals surface area contributed by atoms with Crippen LogP contribution in [0.25, 0.3) is 0 Å². The number of alkyl halides is 3. The van der Waals surface area contributed by atoms with E-state index in [9.17, 15) is 18.0 Å². The molecule has 1 heterocycles. The van der Waals surface area contributed by atoms with Gasteiger partial charge in [-0.2, -0.15) is 18.2 Å². The molecular weight excluding hydrogens is 239 g/mol. The largest absolute Gasteiger partial charge is 0.460 e. The molecule has 1 aromatic heterocycles. The average molecular weight is 244 g/mol. The van der Waals surface area contributed by atoms with Crippen LogP contribution < -0.4 is 0 Å². The summed E-state index contributed by atoms with van der Waals surface area (Å²) in [6, 6.07) is 0. The molecule has 0 bridgehead atoms. The van der Waals surface area contributed by atoms with Crippen LogP contribution in [0.1, 0.15) is 23.2 Å². The summed E-state index contributed by atoms with van der Waals surface area (Å²) in [5.74, 6) is -2.28. The molecule has 1 aromatic rings. The second-order valence-corrected chi connectivity index (χ2v) is 2.69. The molecule has 0 amide bonds. The van der Waals surface area contributed by atoms with Crippen molar-refractivity contribution in [3.63, 3.8) is 0 Å². The highest BCUT2D eigenvalue weighted by Gasteiger charge is 2.41. The topological polar surface area (TPSA) is 52.3 Å². The highest BCUT2D eigenvalue weighted by molar-refractivity contribution is 6.27. The van der Waals surface area contributed by atoms with E-state index in [-0.39, 0.29) is 6.61 Å². The molecule has 0 aliphatic carbocycles. The van der Waals surface area contributed by atoms with Gasteiger partial charge in [-0.25, -0.2) is 4.79 Å². The maximum Gasteiger partial charge on any atom is 0.437 e. The van der Waals surface area contributed by atoms with E-state index >= 15 is 0 Å². The lowest BCUT2D eigenvalue weighted by Gasteiger charge is -2.03. The van der Waals surface area contributed by atoms with Gasteiger partial charge >= 0.3 is 12.1 Å². The number of rotatable bonds is 2. The fraction of sp³-hybridized carbons (Fsp3) is 0.429. The molecule has 0 spiro atoms. The first-order valence-electron chi connectivity index (χ1n) is 3.77. The van der Waals surface area contributed by atoms with Crippen LogP contribution in [0, 0.1) is 0 Å². The number of carbonyl (C=O) groups excluding carboxylic acids is 1. The third-order valence-electron chi connectivity index (χ3n) is 1.33. The Hall–Kier alpha value is -1.24. The molecule has 0 aliphatic rings. The molecule has 84 valence electrons. The maximum atomic E-state index is 12.3. The number of halogens is 4. The molecule has 0 aliphatic heterocycles. The Labute approximate surface area is 87.0 Å². The molecule has 4 nitrogen and oxygen atoms in total. The van der Waals surface area contributed by atoms with Crippen LogP contribution >= 0.6 is 11.6 Å². The smallest absolute Gasteiger partial charge is 0.437 e. The molecule has 0 aromatic carbocycles. The van der Waals surface area contributed by atoms with Crippen molar-refractivity contribution in [3.05, 3.63) is 16.8 Å². The highest BCUT2D eigenvalue weighted by Crippen LogP contribution is 2.33. The predicted molar refractivity (Wildman–Crippen MR) is 42.5 cm³/mol. The Kier molecular flexibility index (Phi) is 3.23. The number of hydrogen-bond acceptors (Lipinski definition) is 4. The molecular formula is C7H5ClF3NO3. The van der Waals surface area contributed by atoms with Crippen molar-refractivity contribution in [3.8, 4) is 0 Å². The zero-order valence-electron chi connectivity index (χ0n) is 7.39. The first-order chi connectivity index (χ1) is 6.86. The Morgan fingerprint density at radius 1 is 1.60 bits per heavy atom. The summed E-state index contributed by atoms with van der Waals surface area (Å²) in [7, 11) is 0. The summed E-state index contributed by atoms with van der Waals surface area (Å²) < 4.78 is 45.5. The van der Waals surface area contributed by atoms with Crippen molar-refractivity contribution < 1.29 is 27.1 Å². The van der Waals surface area contributed by atoms with E-state index in [1.807, 2.05) is 0 Å². The van der Waals surface area contributed by atoms with E-state index in [0.29, 0.717) is 0 Å². The molecule has 0 atom stereocenters. The van der Waals surface area contributed by atoms with Crippen LogP contribution in [0.15, 0.2) is 4.42 Å². The minimum Gasteiger partial charge on any atom is -0.460 e. The van der Waals surface area contributed by atoms with Gasteiger partial charge in [-0.15, -0.1) is 0 Å². The van der Waals surface area contributed by atoms with Crippen LogP contribution in [0.5, 0.6) is 0 Å². The van der Waals surface area contributed by atoms with Gasteiger partial charge in [-0.3, -0.25) is 0 Å². The number of oxazole rings is 1. The van der Waals surface area contributed by atoms with Crippen LogP contribution in [0.2, 0.25) is 5.35 Å². The summed E-state index contributed by atoms with van der Waals surface area (Å²) in [6.07, 6.45) is -4.81. The lowest BCUT2D eigenvalue weighted by Crippen LogP contribution is -2.14. The van der Waals surface area contributed by atoms with Crippen molar-refractivity contribution >= 4 is 17.6 Å². The lowest BCUT2D eigenvalue weighted by molar-refractivity contribution is -0.141. The number of esters is 1. The van der Waals surface area contributed by atoms with Gasteiger partial charge in [0.05, 0.1) is 6.61 Å². The first kappa shape index (κ1) is 11.8. The Balaban J connectivity index is 3.12. The normalized spacial score (nSPS) is 11.5. The quantitative estimate of drug-likeness (QED) is 0.749. The predicted octanol–water partition coefficient (Wildman–Crippen LogP) is 2.52. The van der Waals surface area contributed by atoms with Gasteiger partial charge in [0.1, 0.15) is 0 Å². The molecule has 0 N–H and O–H groups in total. The number of nitrogens with zero attached hydrogens (tertiary/aromatic N) is 1. The molecule has 8 heteroatoms. The zero-order chi connectivity index (χ0) is 11.6. The van der Waals surface area contributed by atoms with E-state index in [0.717, 1.165) is 0 Å². The molecule has 15 heavy (non-hydrogen) atoms. The third kappa shape index (κ3) is 2.62. The van der Waals surface area contributed by atoms with E-state index in [2.05, 4.69) is 14.1 Å². The van der Waals surface area contributed by atoms with Crippen LogP contribution in [0.3, 0.4) is 0 Å². The summed E-state index contributed by atoms with van der Waals surface area (Å²) in [5, 5.41) is -0.759. The summed E-state index contributed by atoms with van der Waals surface area (Å²) in [4.78, 5) is 13.9. The number of ether oxygens (including phenoxy) is 1. The van der Waals surface area contributed by atoms with Crippen molar-refractivity contribution in [2.24, 2.45) is 0 Å². The molecule has 0 radical (unpaired) electrons. The number of carbonyl (C=O) groups is 1. The fourth-order valence-electron chi connectivity index (χ4n) is 0.821. The monoisotopic (exact) mass is 243 g/mol. The van der Waals surface area contributed by atoms with E-state index in [1.165, 1.54) is 6.92 Å². The fourth-order valence-corrected chi connectivity index (χ4v) is 0.983. The minimum absolute atomic E-state index is 0.0750. The van der Waals surface area contributed by atoms with Gasteiger partial charge in [0.2, 0.25) is 5.76 Å². The third-order valence-corrected chi connectivity index (χ3v) is 1.49. The van der Waals surface area contributed by atoms with Gasteiger partial charge in [0, 0.05) is 0 Å². The van der Waals surface area contributed by atoms with Crippen LogP contribution in [-0.2, 0) is 10.9 Å². The SMILES string of the molecule is CCOC(=O)c1oc(Cl)nc1C(F)(F)F. The summed E-state index contributed by atoms with van der Waals surface area (Å²) in [6.45, 7) is 1.37. The number of hydrogen-bond donors (Lipinski definition) is 0. The second kappa shape index (κ2) is 4.09. The molecule has 0 saturated carbocycles. The van der Waals surface area contributed by atoms with Gasteiger partial charge < -0.3 is 9.15 Å². The number of aromatic nitrogens is 1. The van der Waals surface area contributed by atoms with Crippen molar-refractivity contribution in [2.75, 3.05) is 6.61 Å². The molecule has 0 fully saturated rings. The zero-order valence-corrected chi connectivity index (χ0v) is 8.15. The van der Waals surface area contributed by atoms with E-state index < -0.39 is 28.9 Å². The summed E-state index contributed by atoms with van der Waals surface area (Å²) in [5.41, 5.74) is -1.48. The Bertz CT molecular complexity index is 374. The molecule has 0 unspecified atom stereocenters. The Morgan fingerprint density at radius 3 is 2.67 bits per heavy atom. The first-order valence-corrected chi connectivity index (χ1v) is 4.14. The van der Waals surface area contributed by atoms with Gasteiger partial charge in [0.15, 0.2) is 5.69 Å². The second-order valence-electron chi connectivity index (χ2n) is 2.36. The molecule has 1 rings (SSSR count). The Morgan fingerprint density at radius 2 is 2.20 bits per heavy atom. The van der Waals surface area contributed by atoms with Gasteiger partial charge in [-0.1, -0.05) is 0 Å². The maximum absolute atomic E-state index is 12.3. The highest BCUT2D eigenvalue weighted by atomic mass is 35.5.